The Hall–Kier alpha value is -1.48. The van der Waals surface area contributed by atoms with Gasteiger partial charge >= 0.3 is 5.37 Å². The number of para-hydroxylation sites is 1. The predicted octanol–water partition coefficient (Wildman–Crippen LogP) is 2.97. The minimum atomic E-state index is -0.437. The van der Waals surface area contributed by atoms with Gasteiger partial charge < -0.3 is 9.47 Å². The molecular weight excluding hydrogens is 224 g/mol. The second-order valence-electron chi connectivity index (χ2n) is 3.89. The molecule has 0 N–H and O–H groups in total. The van der Waals surface area contributed by atoms with E-state index >= 15 is 0 Å². The molecule has 84 valence electrons. The molecule has 0 fully saturated rings. The van der Waals surface area contributed by atoms with Gasteiger partial charge in [0, 0.05) is 37.7 Å². The average molecular weight is 237 g/mol. The molecule has 0 aliphatic rings. The van der Waals surface area contributed by atoms with Gasteiger partial charge in [-0.25, -0.2) is 0 Å². The Morgan fingerprint density at radius 2 is 2.12 bits per heavy atom. The van der Waals surface area contributed by atoms with Gasteiger partial charge in [-0.15, -0.1) is 0 Å². The van der Waals surface area contributed by atoms with E-state index < -0.39 is 5.37 Å². The molecule has 2 rings (SSSR count). The Bertz CT molecular complexity index is 533. The van der Waals surface area contributed by atoms with Gasteiger partial charge in [-0.2, -0.15) is 0 Å². The molecule has 1 aromatic heterocycles. The van der Waals surface area contributed by atoms with E-state index in [0.717, 1.165) is 16.5 Å². The van der Waals surface area contributed by atoms with Gasteiger partial charge in [-0.1, -0.05) is 18.2 Å². The van der Waals surface area contributed by atoms with Crippen molar-refractivity contribution in [2.24, 2.45) is 7.05 Å². The molecule has 0 atom stereocenters. The number of nitrogens with zero attached hydrogens (tertiary/aromatic N) is 2. The third-order valence-electron chi connectivity index (χ3n) is 2.69. The highest BCUT2D eigenvalue weighted by molar-refractivity contribution is 6.62. The van der Waals surface area contributed by atoms with Crippen LogP contribution in [-0.2, 0) is 13.6 Å². The number of halogens is 1. The van der Waals surface area contributed by atoms with Crippen LogP contribution in [-0.4, -0.2) is 21.9 Å². The third kappa shape index (κ3) is 1.91. The maximum atomic E-state index is 11.0. The van der Waals surface area contributed by atoms with Crippen LogP contribution in [0.4, 0.5) is 4.79 Å². The fourth-order valence-corrected chi connectivity index (χ4v) is 1.93. The lowest BCUT2D eigenvalue weighted by Gasteiger charge is -2.11. The van der Waals surface area contributed by atoms with Gasteiger partial charge in [0.05, 0.1) is 0 Å². The fraction of sp³-hybridized carbons (Fsp3) is 0.250. The number of carbonyl (C=O) groups is 1. The molecular formula is C12H13ClN2O. The monoisotopic (exact) mass is 236 g/mol. The van der Waals surface area contributed by atoms with Crippen LogP contribution in [0.1, 0.15) is 5.56 Å². The smallest absolute Gasteiger partial charge is 0.316 e. The highest BCUT2D eigenvalue weighted by atomic mass is 35.5. The summed E-state index contributed by atoms with van der Waals surface area (Å²) in [4.78, 5) is 12.5. The van der Waals surface area contributed by atoms with E-state index in [1.807, 2.05) is 25.4 Å². The second-order valence-corrected chi connectivity index (χ2v) is 4.21. The standard InChI is InChI=1S/C12H13ClN2O/c1-14-7-9(8-15(2)12(13)16)10-5-3-4-6-11(10)14/h3-7H,8H2,1-2H3. The van der Waals surface area contributed by atoms with Crippen molar-refractivity contribution >= 4 is 27.9 Å². The number of aromatic nitrogens is 1. The van der Waals surface area contributed by atoms with E-state index in [1.54, 1.807) is 7.05 Å². The summed E-state index contributed by atoms with van der Waals surface area (Å²) < 4.78 is 2.05. The number of hydrogen-bond acceptors (Lipinski definition) is 1. The van der Waals surface area contributed by atoms with E-state index in [1.165, 1.54) is 4.90 Å². The largest absolute Gasteiger partial charge is 0.350 e. The summed E-state index contributed by atoms with van der Waals surface area (Å²) in [6, 6.07) is 8.11. The summed E-state index contributed by atoms with van der Waals surface area (Å²) in [6.07, 6.45) is 2.03. The van der Waals surface area contributed by atoms with E-state index in [9.17, 15) is 4.79 Å². The van der Waals surface area contributed by atoms with E-state index in [4.69, 9.17) is 11.6 Å². The van der Waals surface area contributed by atoms with Crippen molar-refractivity contribution in [2.75, 3.05) is 7.05 Å². The molecule has 2 aromatic rings. The summed E-state index contributed by atoms with van der Waals surface area (Å²) in [5.74, 6) is 0. The molecule has 4 heteroatoms. The highest BCUT2D eigenvalue weighted by Crippen LogP contribution is 2.21. The maximum absolute atomic E-state index is 11.0. The average Bonchev–Trinajstić information content (AvgIpc) is 2.57. The first-order valence-corrected chi connectivity index (χ1v) is 5.41. The number of benzene rings is 1. The number of aryl methyl sites for hydroxylation is 1. The molecule has 0 bridgehead atoms. The molecule has 0 radical (unpaired) electrons. The number of fused-ring (bicyclic) bond motifs is 1. The van der Waals surface area contributed by atoms with Gasteiger partial charge in [0.15, 0.2) is 0 Å². The molecule has 16 heavy (non-hydrogen) atoms. The van der Waals surface area contributed by atoms with Crippen LogP contribution < -0.4 is 0 Å². The molecule has 1 aromatic carbocycles. The Morgan fingerprint density at radius 3 is 2.81 bits per heavy atom. The van der Waals surface area contributed by atoms with E-state index in [2.05, 4.69) is 16.7 Å². The van der Waals surface area contributed by atoms with Crippen LogP contribution in [0, 0.1) is 0 Å². The van der Waals surface area contributed by atoms with E-state index in [0.29, 0.717) is 6.54 Å². The zero-order valence-corrected chi connectivity index (χ0v) is 10.0. The Balaban J connectivity index is 2.42. The topological polar surface area (TPSA) is 25.2 Å². The molecule has 0 spiro atoms. The van der Waals surface area contributed by atoms with Crippen molar-refractivity contribution in [3.63, 3.8) is 0 Å². The van der Waals surface area contributed by atoms with Crippen LogP contribution in [0.3, 0.4) is 0 Å². The van der Waals surface area contributed by atoms with Gasteiger partial charge in [0.25, 0.3) is 0 Å². The number of rotatable bonds is 2. The maximum Gasteiger partial charge on any atom is 0.316 e. The quantitative estimate of drug-likeness (QED) is 0.581. The summed E-state index contributed by atoms with van der Waals surface area (Å²) in [5, 5.41) is 0.725. The van der Waals surface area contributed by atoms with Crippen LogP contribution >= 0.6 is 11.6 Å². The minimum Gasteiger partial charge on any atom is -0.350 e. The Labute approximate surface area is 99.2 Å². The van der Waals surface area contributed by atoms with Crippen molar-refractivity contribution in [1.82, 2.24) is 9.47 Å². The summed E-state index contributed by atoms with van der Waals surface area (Å²) >= 11 is 5.42. The lowest BCUT2D eigenvalue weighted by Crippen LogP contribution is -2.19. The molecule has 0 aliphatic heterocycles. The van der Waals surface area contributed by atoms with Crippen molar-refractivity contribution in [3.8, 4) is 0 Å². The minimum absolute atomic E-state index is 0.437. The molecule has 1 heterocycles. The SMILES string of the molecule is CN(Cc1cn(C)c2ccccc12)C(=O)Cl. The molecule has 3 nitrogen and oxygen atoms in total. The predicted molar refractivity (Wildman–Crippen MR) is 65.6 cm³/mol. The molecule has 0 saturated heterocycles. The fourth-order valence-electron chi connectivity index (χ4n) is 1.87. The van der Waals surface area contributed by atoms with Gasteiger partial charge in [0.2, 0.25) is 0 Å². The van der Waals surface area contributed by atoms with Crippen molar-refractivity contribution in [3.05, 3.63) is 36.0 Å². The van der Waals surface area contributed by atoms with Crippen molar-refractivity contribution < 1.29 is 4.79 Å². The lowest BCUT2D eigenvalue weighted by molar-refractivity contribution is 0.230. The highest BCUT2D eigenvalue weighted by Gasteiger charge is 2.10. The zero-order valence-electron chi connectivity index (χ0n) is 9.27. The van der Waals surface area contributed by atoms with Crippen molar-refractivity contribution in [1.29, 1.82) is 0 Å². The summed E-state index contributed by atoms with van der Waals surface area (Å²) in [6.45, 7) is 0.531. The van der Waals surface area contributed by atoms with Crippen LogP contribution in [0.2, 0.25) is 0 Å². The molecule has 0 unspecified atom stereocenters. The Morgan fingerprint density at radius 1 is 1.44 bits per heavy atom. The van der Waals surface area contributed by atoms with Crippen LogP contribution in [0.25, 0.3) is 10.9 Å². The van der Waals surface area contributed by atoms with Crippen LogP contribution in [0.5, 0.6) is 0 Å². The normalized spacial score (nSPS) is 10.7. The number of amides is 1. The van der Waals surface area contributed by atoms with Gasteiger partial charge in [-0.3, -0.25) is 4.79 Å². The number of carbonyl (C=O) groups excluding carboxylic acids is 1. The lowest BCUT2D eigenvalue weighted by atomic mass is 10.2. The Kier molecular flexibility index (Phi) is 2.88. The van der Waals surface area contributed by atoms with Crippen molar-refractivity contribution in [2.45, 2.75) is 6.54 Å². The molecule has 0 saturated carbocycles. The zero-order chi connectivity index (χ0) is 11.7. The first-order valence-electron chi connectivity index (χ1n) is 5.03. The van der Waals surface area contributed by atoms with Gasteiger partial charge in [0.1, 0.15) is 0 Å². The molecule has 1 amide bonds. The number of hydrogen-bond donors (Lipinski definition) is 0. The van der Waals surface area contributed by atoms with Crippen LogP contribution in [0.15, 0.2) is 30.5 Å². The second kappa shape index (κ2) is 4.18. The molecule has 0 aliphatic carbocycles. The third-order valence-corrected chi connectivity index (χ3v) is 2.98. The van der Waals surface area contributed by atoms with Gasteiger partial charge in [-0.05, 0) is 23.2 Å². The summed E-state index contributed by atoms with van der Waals surface area (Å²) in [7, 11) is 3.69. The van der Waals surface area contributed by atoms with E-state index in [-0.39, 0.29) is 0 Å². The first-order chi connectivity index (χ1) is 7.59. The summed E-state index contributed by atoms with van der Waals surface area (Å²) in [5.41, 5.74) is 2.27. The first kappa shape index (κ1) is 11.0.